The smallest absolute Gasteiger partial charge is 0.306 e. The first kappa shape index (κ1) is 13.8. The van der Waals surface area contributed by atoms with E-state index < -0.39 is 15.7 Å². The van der Waals surface area contributed by atoms with Gasteiger partial charge in [0.25, 0.3) is 0 Å². The highest BCUT2D eigenvalue weighted by molar-refractivity contribution is 6.67. The Labute approximate surface area is 96.1 Å². The number of hydrogen-bond donors (Lipinski definition) is 1. The zero-order chi connectivity index (χ0) is 11.2. The van der Waals surface area contributed by atoms with Gasteiger partial charge in [0.2, 0.25) is 0 Å². The van der Waals surface area contributed by atoms with E-state index >= 15 is 0 Å². The second-order valence-electron chi connectivity index (χ2n) is 2.48. The van der Waals surface area contributed by atoms with E-state index in [0.717, 1.165) is 0 Å². The van der Waals surface area contributed by atoms with Crippen LogP contribution in [0, 0.1) is 0 Å². The van der Waals surface area contributed by atoms with Gasteiger partial charge in [0.15, 0.2) is 3.79 Å². The summed E-state index contributed by atoms with van der Waals surface area (Å²) in [6.07, 6.45) is -0.349. The van der Waals surface area contributed by atoms with E-state index in [2.05, 4.69) is 4.74 Å². The van der Waals surface area contributed by atoms with Crippen LogP contribution in [0.15, 0.2) is 0 Å². The van der Waals surface area contributed by atoms with Crippen LogP contribution >= 0.6 is 34.8 Å². The molecule has 0 aliphatic rings. The normalized spacial score (nSPS) is 11.1. The predicted molar refractivity (Wildman–Crippen MR) is 52.7 cm³/mol. The van der Waals surface area contributed by atoms with Gasteiger partial charge in [0, 0.05) is 6.42 Å². The molecule has 0 aromatic heterocycles. The van der Waals surface area contributed by atoms with Gasteiger partial charge in [-0.3, -0.25) is 9.59 Å². The number of esters is 1. The molecule has 0 saturated heterocycles. The topological polar surface area (TPSA) is 63.6 Å². The van der Waals surface area contributed by atoms with E-state index in [1.807, 2.05) is 0 Å². The Morgan fingerprint density at radius 3 is 2.21 bits per heavy atom. The van der Waals surface area contributed by atoms with Gasteiger partial charge in [-0.15, -0.1) is 0 Å². The van der Waals surface area contributed by atoms with Crippen molar-refractivity contribution in [1.82, 2.24) is 0 Å². The molecule has 82 valence electrons. The molecule has 0 radical (unpaired) electrons. The SMILES string of the molecule is O=C(O)CCC(=O)OCCC(Cl)(Cl)Cl. The third-order valence-corrected chi connectivity index (χ3v) is 1.76. The molecule has 0 bridgehead atoms. The average molecular weight is 264 g/mol. The molecule has 0 fully saturated rings. The largest absolute Gasteiger partial charge is 0.481 e. The van der Waals surface area contributed by atoms with Crippen LogP contribution in [0.2, 0.25) is 0 Å². The quantitative estimate of drug-likeness (QED) is 0.610. The number of alkyl halides is 3. The molecule has 0 unspecified atom stereocenters. The summed E-state index contributed by atoms with van der Waals surface area (Å²) >= 11 is 16.2. The van der Waals surface area contributed by atoms with Crippen LogP contribution in [0.4, 0.5) is 0 Å². The van der Waals surface area contributed by atoms with Crippen LogP contribution in [0.25, 0.3) is 0 Å². The second-order valence-corrected chi connectivity index (χ2v) is 5.00. The van der Waals surface area contributed by atoms with Crippen LogP contribution < -0.4 is 0 Å². The van der Waals surface area contributed by atoms with Crippen molar-refractivity contribution in [3.63, 3.8) is 0 Å². The highest BCUT2D eigenvalue weighted by Crippen LogP contribution is 2.29. The number of hydrogen-bond acceptors (Lipinski definition) is 3. The van der Waals surface area contributed by atoms with Gasteiger partial charge < -0.3 is 9.84 Å². The Balaban J connectivity index is 3.50. The van der Waals surface area contributed by atoms with Crippen LogP contribution in [0.1, 0.15) is 19.3 Å². The Hall–Kier alpha value is -0.190. The fourth-order valence-electron chi connectivity index (χ4n) is 0.562. The molecule has 0 saturated carbocycles. The van der Waals surface area contributed by atoms with Crippen molar-refractivity contribution in [3.05, 3.63) is 0 Å². The zero-order valence-electron chi connectivity index (χ0n) is 7.13. The first-order valence-corrected chi connectivity index (χ1v) is 4.89. The number of rotatable bonds is 5. The van der Waals surface area contributed by atoms with E-state index in [1.165, 1.54) is 0 Å². The number of aliphatic carboxylic acids is 1. The van der Waals surface area contributed by atoms with Crippen LogP contribution in [-0.2, 0) is 14.3 Å². The van der Waals surface area contributed by atoms with Gasteiger partial charge in [-0.05, 0) is 0 Å². The molecular formula is C7H9Cl3O4. The number of carbonyl (C=O) groups excluding carboxylic acids is 1. The van der Waals surface area contributed by atoms with Crippen molar-refractivity contribution in [3.8, 4) is 0 Å². The lowest BCUT2D eigenvalue weighted by atomic mass is 10.3. The summed E-state index contributed by atoms with van der Waals surface area (Å²) < 4.78 is 3.16. The maximum Gasteiger partial charge on any atom is 0.306 e. The minimum absolute atomic E-state index is 0.0328. The molecule has 0 aromatic rings. The minimum atomic E-state index is -1.45. The maximum atomic E-state index is 10.8. The summed E-state index contributed by atoms with van der Waals surface area (Å²) in [5.74, 6) is -1.66. The van der Waals surface area contributed by atoms with Crippen LogP contribution in [0.3, 0.4) is 0 Å². The van der Waals surface area contributed by atoms with Gasteiger partial charge in [-0.2, -0.15) is 0 Å². The summed E-state index contributed by atoms with van der Waals surface area (Å²) in [5.41, 5.74) is 0. The number of halogens is 3. The molecule has 14 heavy (non-hydrogen) atoms. The zero-order valence-corrected chi connectivity index (χ0v) is 9.40. The molecule has 0 atom stereocenters. The van der Waals surface area contributed by atoms with E-state index in [1.54, 1.807) is 0 Å². The molecule has 0 aliphatic carbocycles. The molecular weight excluding hydrogens is 254 g/mol. The predicted octanol–water partition coefficient (Wildman–Crippen LogP) is 2.15. The molecule has 4 nitrogen and oxygen atoms in total. The summed E-state index contributed by atoms with van der Waals surface area (Å²) in [5, 5.41) is 8.25. The second kappa shape index (κ2) is 6.32. The van der Waals surface area contributed by atoms with Gasteiger partial charge in [-0.1, -0.05) is 34.8 Å². The lowest BCUT2D eigenvalue weighted by molar-refractivity contribution is -0.147. The fourth-order valence-corrected chi connectivity index (χ4v) is 0.793. The lowest BCUT2D eigenvalue weighted by Crippen LogP contribution is -2.12. The third kappa shape index (κ3) is 9.89. The molecule has 0 heterocycles. The van der Waals surface area contributed by atoms with Crippen molar-refractivity contribution in [2.45, 2.75) is 23.1 Å². The van der Waals surface area contributed by atoms with Gasteiger partial charge in [0.1, 0.15) is 0 Å². The Morgan fingerprint density at radius 1 is 1.21 bits per heavy atom. The monoisotopic (exact) mass is 262 g/mol. The molecule has 1 N–H and O–H groups in total. The summed E-state index contributed by atoms with van der Waals surface area (Å²) in [4.78, 5) is 20.9. The van der Waals surface area contributed by atoms with Crippen molar-refractivity contribution in [1.29, 1.82) is 0 Å². The maximum absolute atomic E-state index is 10.8. The Kier molecular flexibility index (Phi) is 6.24. The van der Waals surface area contributed by atoms with E-state index in [-0.39, 0.29) is 25.9 Å². The lowest BCUT2D eigenvalue weighted by Gasteiger charge is -2.10. The molecule has 0 aromatic carbocycles. The average Bonchev–Trinajstić information content (AvgIpc) is 1.98. The molecule has 0 spiro atoms. The van der Waals surface area contributed by atoms with Crippen molar-refractivity contribution >= 4 is 46.7 Å². The van der Waals surface area contributed by atoms with E-state index in [9.17, 15) is 9.59 Å². The summed E-state index contributed by atoms with van der Waals surface area (Å²) in [6.45, 7) is -0.0328. The first-order chi connectivity index (χ1) is 6.31. The molecule has 0 aliphatic heterocycles. The third-order valence-electron chi connectivity index (χ3n) is 1.19. The van der Waals surface area contributed by atoms with Crippen LogP contribution in [-0.4, -0.2) is 27.4 Å². The van der Waals surface area contributed by atoms with Gasteiger partial charge in [-0.25, -0.2) is 0 Å². The van der Waals surface area contributed by atoms with Crippen molar-refractivity contribution < 1.29 is 19.4 Å². The van der Waals surface area contributed by atoms with Crippen molar-refractivity contribution in [2.75, 3.05) is 6.61 Å². The number of carbonyl (C=O) groups is 2. The molecule has 7 heteroatoms. The highest BCUT2D eigenvalue weighted by Gasteiger charge is 2.19. The molecule has 0 rings (SSSR count). The van der Waals surface area contributed by atoms with E-state index in [4.69, 9.17) is 39.9 Å². The first-order valence-electron chi connectivity index (χ1n) is 3.75. The summed E-state index contributed by atoms with van der Waals surface area (Å²) in [7, 11) is 0. The number of ether oxygens (including phenoxy) is 1. The highest BCUT2D eigenvalue weighted by atomic mass is 35.6. The van der Waals surface area contributed by atoms with Gasteiger partial charge in [0.05, 0.1) is 19.4 Å². The molecule has 0 amide bonds. The van der Waals surface area contributed by atoms with Gasteiger partial charge >= 0.3 is 11.9 Å². The van der Waals surface area contributed by atoms with Crippen molar-refractivity contribution in [2.24, 2.45) is 0 Å². The fraction of sp³-hybridized carbons (Fsp3) is 0.714. The number of carboxylic acid groups (broad SMARTS) is 1. The van der Waals surface area contributed by atoms with Crippen LogP contribution in [0.5, 0.6) is 0 Å². The number of carboxylic acids is 1. The van der Waals surface area contributed by atoms with E-state index in [0.29, 0.717) is 0 Å². The standard InChI is InChI=1S/C7H9Cl3O4/c8-7(9,10)3-4-14-6(13)2-1-5(11)12/h1-4H2,(H,11,12). The Morgan fingerprint density at radius 2 is 1.79 bits per heavy atom. The Bertz CT molecular complexity index is 211. The summed E-state index contributed by atoms with van der Waals surface area (Å²) in [6, 6.07) is 0. The minimum Gasteiger partial charge on any atom is -0.481 e.